The maximum atomic E-state index is 7.62. The van der Waals surface area contributed by atoms with E-state index in [-0.39, 0.29) is 52.9 Å². The average molecular weight is 304 g/mol. The molecule has 0 saturated carbocycles. The molecule has 0 radical (unpaired) electrons. The van der Waals surface area contributed by atoms with Crippen LogP contribution >= 0.6 is 0 Å². The second-order valence-corrected chi connectivity index (χ2v) is 3.00. The van der Waals surface area contributed by atoms with E-state index in [1.54, 1.807) is 0 Å². The highest BCUT2D eigenvalue weighted by molar-refractivity contribution is 4.78. The predicted molar refractivity (Wildman–Crippen MR) is 77.2 cm³/mol. The molecule has 0 aliphatic carbocycles. The summed E-state index contributed by atoms with van der Waals surface area (Å²) in [6.07, 6.45) is 0. The third kappa shape index (κ3) is 402. The molecule has 0 fully saturated rings. The molecule has 0 amide bonds. The highest BCUT2D eigenvalue weighted by Gasteiger charge is 1.59. The summed E-state index contributed by atoms with van der Waals surface area (Å²) in [6.45, 7) is 6.50. The Labute approximate surface area is 120 Å². The van der Waals surface area contributed by atoms with Crippen molar-refractivity contribution < 1.29 is 40.9 Å². The van der Waals surface area contributed by atoms with Crippen LogP contribution in [0.1, 0.15) is 13.8 Å². The zero-order valence-electron chi connectivity index (χ0n) is 12.4. The van der Waals surface area contributed by atoms with Gasteiger partial charge in [0.05, 0.1) is 52.9 Å². The lowest BCUT2D eigenvalue weighted by atomic mass is 10.4. The van der Waals surface area contributed by atoms with Crippen molar-refractivity contribution in [2.24, 2.45) is 0 Å². The molecule has 0 aliphatic heterocycles. The van der Waals surface area contributed by atoms with Gasteiger partial charge in [-0.25, -0.2) is 0 Å². The van der Waals surface area contributed by atoms with E-state index in [0.717, 1.165) is 0 Å². The van der Waals surface area contributed by atoms with Gasteiger partial charge in [0.25, 0.3) is 0 Å². The van der Waals surface area contributed by atoms with Crippen LogP contribution in [0.2, 0.25) is 0 Å². The second kappa shape index (κ2) is 51.5. The van der Waals surface area contributed by atoms with Gasteiger partial charge in [0, 0.05) is 0 Å². The Balaban J connectivity index is -0.0000000469. The first-order valence-electron chi connectivity index (χ1n) is 5.88. The van der Waals surface area contributed by atoms with Crippen LogP contribution in [-0.4, -0.2) is 93.7 Å². The molecule has 0 aromatic rings. The van der Waals surface area contributed by atoms with E-state index in [9.17, 15) is 0 Å². The number of hydrogen-bond donors (Lipinski definition) is 8. The zero-order chi connectivity index (χ0) is 17.2. The van der Waals surface area contributed by atoms with Crippen LogP contribution in [0.3, 0.4) is 0 Å². The van der Waals surface area contributed by atoms with Crippen molar-refractivity contribution in [1.29, 1.82) is 0 Å². The smallest absolute Gasteiger partial charge is 0.0662 e. The third-order valence-corrected chi connectivity index (χ3v) is 0.400. The van der Waals surface area contributed by atoms with Gasteiger partial charge in [-0.15, -0.1) is 6.58 Å². The second-order valence-electron chi connectivity index (χ2n) is 3.00. The molecule has 0 aromatic carbocycles. The first-order valence-corrected chi connectivity index (χ1v) is 5.88. The van der Waals surface area contributed by atoms with E-state index in [4.69, 9.17) is 40.9 Å². The van der Waals surface area contributed by atoms with Crippen molar-refractivity contribution in [3.8, 4) is 0 Å². The number of aliphatic hydroxyl groups excluding tert-OH is 8. The maximum absolute atomic E-state index is 7.62. The molecule has 20 heavy (non-hydrogen) atoms. The number of hydrogen-bond acceptors (Lipinski definition) is 8. The quantitative estimate of drug-likeness (QED) is 0.264. The SMILES string of the molecule is C=C(C)C.OCCO.OCCO.OCCO.OCCO. The summed E-state index contributed by atoms with van der Waals surface area (Å²) in [6, 6.07) is 0. The van der Waals surface area contributed by atoms with E-state index in [2.05, 4.69) is 6.58 Å². The molecule has 0 atom stereocenters. The standard InChI is InChI=1S/C4H8.4C2H6O2/c1-4(2)3;4*3-1-2-4/h1H2,2-3H3;4*3-4H,1-2H2. The Morgan fingerprint density at radius 1 is 0.500 bits per heavy atom. The van der Waals surface area contributed by atoms with Gasteiger partial charge < -0.3 is 40.9 Å². The molecule has 0 saturated heterocycles. The Hall–Kier alpha value is -0.580. The summed E-state index contributed by atoms with van der Waals surface area (Å²) < 4.78 is 0. The molecular weight excluding hydrogens is 272 g/mol. The molecule has 128 valence electrons. The molecule has 8 N–H and O–H groups in total. The van der Waals surface area contributed by atoms with Crippen LogP contribution < -0.4 is 0 Å². The molecule has 8 nitrogen and oxygen atoms in total. The summed E-state index contributed by atoms with van der Waals surface area (Å²) in [5.41, 5.74) is 1.17. The fraction of sp³-hybridized carbons (Fsp3) is 0.833. The van der Waals surface area contributed by atoms with E-state index >= 15 is 0 Å². The lowest BCUT2D eigenvalue weighted by Crippen LogP contribution is -1.85. The van der Waals surface area contributed by atoms with Gasteiger partial charge in [-0.05, 0) is 13.8 Å². The molecule has 0 rings (SSSR count). The topological polar surface area (TPSA) is 162 Å². The summed E-state index contributed by atoms with van der Waals surface area (Å²) in [7, 11) is 0. The van der Waals surface area contributed by atoms with Crippen LogP contribution in [0.5, 0.6) is 0 Å². The van der Waals surface area contributed by atoms with Crippen LogP contribution in [-0.2, 0) is 0 Å². The minimum atomic E-state index is -0.125. The van der Waals surface area contributed by atoms with Gasteiger partial charge in [-0.1, -0.05) is 5.57 Å². The lowest BCUT2D eigenvalue weighted by Gasteiger charge is -1.70. The molecule has 0 bridgehead atoms. The summed E-state index contributed by atoms with van der Waals surface area (Å²) >= 11 is 0. The van der Waals surface area contributed by atoms with Gasteiger partial charge in [-0.2, -0.15) is 0 Å². The van der Waals surface area contributed by atoms with E-state index in [0.29, 0.717) is 0 Å². The van der Waals surface area contributed by atoms with Gasteiger partial charge in [0.1, 0.15) is 0 Å². The van der Waals surface area contributed by atoms with Crippen LogP contribution in [0.4, 0.5) is 0 Å². The van der Waals surface area contributed by atoms with Gasteiger partial charge >= 0.3 is 0 Å². The minimum Gasteiger partial charge on any atom is -0.394 e. The largest absolute Gasteiger partial charge is 0.394 e. The number of rotatable bonds is 4. The van der Waals surface area contributed by atoms with E-state index in [1.165, 1.54) is 5.57 Å². The first kappa shape index (κ1) is 31.7. The fourth-order valence-corrected chi connectivity index (χ4v) is 0. The lowest BCUT2D eigenvalue weighted by molar-refractivity contribution is 0.186. The maximum Gasteiger partial charge on any atom is 0.0662 e. The molecule has 0 heterocycles. The van der Waals surface area contributed by atoms with Crippen molar-refractivity contribution in [2.45, 2.75) is 13.8 Å². The fourth-order valence-electron chi connectivity index (χ4n) is 0. The Kier molecular flexibility index (Phi) is 81.6. The number of allylic oxidation sites excluding steroid dienone is 1. The molecule has 8 heteroatoms. The normalized spacial score (nSPS) is 7.30. The monoisotopic (exact) mass is 304 g/mol. The van der Waals surface area contributed by atoms with Crippen molar-refractivity contribution in [2.75, 3.05) is 52.9 Å². The molecule has 0 aromatic heterocycles. The van der Waals surface area contributed by atoms with Crippen molar-refractivity contribution in [1.82, 2.24) is 0 Å². The molecular formula is C12H32O8. The first-order chi connectivity index (χ1) is 9.39. The molecule has 0 unspecified atom stereocenters. The highest BCUT2D eigenvalue weighted by Crippen LogP contribution is 1.73. The van der Waals surface area contributed by atoms with Gasteiger partial charge in [-0.3, -0.25) is 0 Å². The van der Waals surface area contributed by atoms with Crippen LogP contribution in [0.25, 0.3) is 0 Å². The van der Waals surface area contributed by atoms with Crippen LogP contribution in [0.15, 0.2) is 12.2 Å². The molecule has 0 spiro atoms. The van der Waals surface area contributed by atoms with E-state index < -0.39 is 0 Å². The zero-order valence-corrected chi connectivity index (χ0v) is 12.4. The minimum absolute atomic E-state index is 0.125. The summed E-state index contributed by atoms with van der Waals surface area (Å²) in [4.78, 5) is 0. The van der Waals surface area contributed by atoms with Crippen molar-refractivity contribution >= 4 is 0 Å². The average Bonchev–Trinajstić information content (AvgIpc) is 2.47. The van der Waals surface area contributed by atoms with E-state index in [1.807, 2.05) is 13.8 Å². The summed E-state index contributed by atoms with van der Waals surface area (Å²) in [5.74, 6) is 0. The number of aliphatic hydroxyl groups is 8. The Morgan fingerprint density at radius 2 is 0.550 bits per heavy atom. The molecule has 0 aliphatic rings. The predicted octanol–water partition coefficient (Wildman–Crippen LogP) is -2.53. The van der Waals surface area contributed by atoms with Crippen molar-refractivity contribution in [3.05, 3.63) is 12.2 Å². The van der Waals surface area contributed by atoms with Gasteiger partial charge in [0.15, 0.2) is 0 Å². The Bertz CT molecular complexity index is 94.0. The van der Waals surface area contributed by atoms with Gasteiger partial charge in [0.2, 0.25) is 0 Å². The van der Waals surface area contributed by atoms with Crippen molar-refractivity contribution in [3.63, 3.8) is 0 Å². The summed E-state index contributed by atoms with van der Waals surface area (Å²) in [5, 5.41) is 61.0. The van der Waals surface area contributed by atoms with Crippen LogP contribution in [0, 0.1) is 0 Å². The Morgan fingerprint density at radius 3 is 0.550 bits per heavy atom. The highest BCUT2D eigenvalue weighted by atomic mass is 16.3. The third-order valence-electron chi connectivity index (χ3n) is 0.400.